The number of hydrogen-bond donors (Lipinski definition) is 2. The van der Waals surface area contributed by atoms with Gasteiger partial charge in [0.05, 0.1) is 17.8 Å². The number of ether oxygens (including phenoxy) is 2. The molecule has 34 heavy (non-hydrogen) atoms. The highest BCUT2D eigenvalue weighted by Gasteiger charge is 2.47. The Balaban J connectivity index is 1.64. The van der Waals surface area contributed by atoms with Crippen molar-refractivity contribution >= 4 is 28.7 Å². The molecule has 180 valence electrons. The van der Waals surface area contributed by atoms with Crippen LogP contribution in [0, 0.1) is 0 Å². The summed E-state index contributed by atoms with van der Waals surface area (Å²) >= 11 is 0. The van der Waals surface area contributed by atoms with Gasteiger partial charge in [0.1, 0.15) is 12.1 Å². The van der Waals surface area contributed by atoms with Crippen molar-refractivity contribution in [3.8, 4) is 0 Å². The number of carbonyl (C=O) groups excluding carboxylic acids is 2. The number of nitrogens with one attached hydrogen (secondary N) is 2. The lowest BCUT2D eigenvalue weighted by atomic mass is 9.86. The summed E-state index contributed by atoms with van der Waals surface area (Å²) in [4.78, 5) is 25.1. The first-order chi connectivity index (χ1) is 16.3. The molecule has 1 aromatic heterocycles. The van der Waals surface area contributed by atoms with E-state index in [1.807, 2.05) is 59.3 Å². The van der Waals surface area contributed by atoms with Crippen LogP contribution in [0.2, 0.25) is 0 Å². The van der Waals surface area contributed by atoms with Crippen LogP contribution in [-0.2, 0) is 20.0 Å². The van der Waals surface area contributed by atoms with Crippen LogP contribution >= 0.6 is 0 Å². The number of benzene rings is 2. The van der Waals surface area contributed by atoms with E-state index >= 15 is 0 Å². The van der Waals surface area contributed by atoms with Gasteiger partial charge in [0.25, 0.3) is 0 Å². The minimum absolute atomic E-state index is 0.211. The summed E-state index contributed by atoms with van der Waals surface area (Å²) in [5.74, 6) is -0.549. The molecule has 8 nitrogen and oxygen atoms in total. The summed E-state index contributed by atoms with van der Waals surface area (Å²) in [6.07, 6.45) is 4.41. The Morgan fingerprint density at radius 2 is 1.82 bits per heavy atom. The third-order valence-corrected chi connectivity index (χ3v) is 5.84. The number of anilines is 1. The molecular formula is C26H32N4O4. The van der Waals surface area contributed by atoms with Gasteiger partial charge in [-0.1, -0.05) is 42.8 Å². The Kier molecular flexibility index (Phi) is 6.77. The highest BCUT2D eigenvalue weighted by Crippen LogP contribution is 2.40. The van der Waals surface area contributed by atoms with Crippen LogP contribution in [0.15, 0.2) is 60.8 Å². The number of para-hydroxylation sites is 2. The monoisotopic (exact) mass is 464 g/mol. The van der Waals surface area contributed by atoms with Gasteiger partial charge in [-0.25, -0.2) is 9.48 Å². The molecule has 0 spiro atoms. The van der Waals surface area contributed by atoms with Gasteiger partial charge in [0.2, 0.25) is 5.72 Å². The van der Waals surface area contributed by atoms with E-state index in [4.69, 9.17) is 9.47 Å². The quantitative estimate of drug-likeness (QED) is 0.509. The zero-order valence-electron chi connectivity index (χ0n) is 19.9. The largest absolute Gasteiger partial charge is 0.444 e. The molecule has 1 heterocycles. The zero-order chi connectivity index (χ0) is 24.2. The number of hydrogen-bond acceptors (Lipinski definition) is 6. The van der Waals surface area contributed by atoms with E-state index in [0.29, 0.717) is 6.42 Å². The number of alkyl carbamates (subject to hydrolysis) is 1. The molecule has 2 unspecified atom stereocenters. The number of amides is 1. The number of aromatic nitrogens is 2. The van der Waals surface area contributed by atoms with Crippen molar-refractivity contribution in [3.63, 3.8) is 0 Å². The predicted molar refractivity (Wildman–Crippen MR) is 130 cm³/mol. The molecule has 8 heteroatoms. The second kappa shape index (κ2) is 9.75. The Bertz CT molecular complexity index is 1140. The number of fused-ring (bicyclic) bond motifs is 1. The van der Waals surface area contributed by atoms with Crippen LogP contribution in [0.5, 0.6) is 0 Å². The second-order valence-electron chi connectivity index (χ2n) is 9.60. The average molecular weight is 465 g/mol. The minimum atomic E-state index is -1.05. The molecule has 0 radical (unpaired) electrons. The van der Waals surface area contributed by atoms with E-state index in [0.717, 1.165) is 35.9 Å². The third-order valence-electron chi connectivity index (χ3n) is 5.84. The Hall–Kier alpha value is -3.55. The molecule has 2 aromatic carbocycles. The van der Waals surface area contributed by atoms with Crippen LogP contribution in [-0.4, -0.2) is 40.0 Å². The normalized spacial score (nSPS) is 20.5. The summed E-state index contributed by atoms with van der Waals surface area (Å²) < 4.78 is 13.3. The highest BCUT2D eigenvalue weighted by molar-refractivity contribution is 5.80. The fraction of sp³-hybridized carbons (Fsp3) is 0.423. The van der Waals surface area contributed by atoms with Gasteiger partial charge in [-0.3, -0.25) is 4.79 Å². The maximum absolute atomic E-state index is 13.1. The average Bonchev–Trinajstić information content (AvgIpc) is 3.23. The van der Waals surface area contributed by atoms with Crippen molar-refractivity contribution in [2.24, 2.45) is 0 Å². The smallest absolute Gasteiger partial charge is 0.408 e. The summed E-state index contributed by atoms with van der Waals surface area (Å²) in [5, 5.41) is 11.7. The molecule has 1 saturated carbocycles. The number of esters is 1. The molecule has 2 atom stereocenters. The zero-order valence-corrected chi connectivity index (χ0v) is 19.9. The number of nitrogens with zero attached hydrogens (tertiary/aromatic N) is 2. The predicted octanol–water partition coefficient (Wildman–Crippen LogP) is 4.81. The van der Waals surface area contributed by atoms with Gasteiger partial charge in [-0.15, -0.1) is 0 Å². The minimum Gasteiger partial charge on any atom is -0.444 e. The summed E-state index contributed by atoms with van der Waals surface area (Å²) in [5.41, 5.74) is 0.122. The molecule has 1 amide bonds. The number of carbonyl (C=O) groups is 2. The molecule has 1 aliphatic rings. The molecule has 0 aliphatic heterocycles. The first kappa shape index (κ1) is 23.6. The van der Waals surface area contributed by atoms with Crippen LogP contribution in [0.3, 0.4) is 0 Å². The number of rotatable bonds is 6. The second-order valence-corrected chi connectivity index (χ2v) is 9.60. The molecule has 0 bridgehead atoms. The van der Waals surface area contributed by atoms with Gasteiger partial charge < -0.3 is 20.1 Å². The fourth-order valence-corrected chi connectivity index (χ4v) is 4.43. The summed E-state index contributed by atoms with van der Waals surface area (Å²) in [6.45, 7) is 5.01. The van der Waals surface area contributed by atoms with Crippen molar-refractivity contribution in [3.05, 3.63) is 60.8 Å². The van der Waals surface area contributed by atoms with Crippen molar-refractivity contribution in [2.45, 2.75) is 63.8 Å². The molecule has 2 N–H and O–H groups in total. The first-order valence-corrected chi connectivity index (χ1v) is 11.7. The van der Waals surface area contributed by atoms with Gasteiger partial charge in [-0.05, 0) is 51.8 Å². The standard InChI is InChI=1S/C26H32N4O4/c1-25(2,3)34-24(32)27-18-23(31)33-26(30-21-14-8-7-11-19(21)17-28-30)16-10-9-15-22(26)29-20-12-5-4-6-13-20/h4-8,11-14,17,22,29H,9-10,15-16,18H2,1-3H3,(H,27,32). The van der Waals surface area contributed by atoms with Gasteiger partial charge in [0, 0.05) is 17.5 Å². The Labute approximate surface area is 199 Å². The molecule has 3 aromatic rings. The lowest BCUT2D eigenvalue weighted by Crippen LogP contribution is -2.55. The van der Waals surface area contributed by atoms with E-state index in [-0.39, 0.29) is 12.6 Å². The van der Waals surface area contributed by atoms with Crippen molar-refractivity contribution in [2.75, 3.05) is 11.9 Å². The summed E-state index contributed by atoms with van der Waals surface area (Å²) in [7, 11) is 0. The van der Waals surface area contributed by atoms with Crippen molar-refractivity contribution in [1.82, 2.24) is 15.1 Å². The summed E-state index contributed by atoms with van der Waals surface area (Å²) in [6, 6.07) is 17.5. The van der Waals surface area contributed by atoms with Gasteiger partial charge in [-0.2, -0.15) is 5.10 Å². The van der Waals surface area contributed by atoms with E-state index in [1.165, 1.54) is 0 Å². The molecule has 4 rings (SSSR count). The molecule has 1 aliphatic carbocycles. The Morgan fingerprint density at radius 1 is 1.09 bits per heavy atom. The highest BCUT2D eigenvalue weighted by atomic mass is 16.6. The SMILES string of the molecule is CC(C)(C)OC(=O)NCC(=O)OC1(n2ncc3ccccc32)CCCCC1Nc1ccccc1. The maximum Gasteiger partial charge on any atom is 0.408 e. The van der Waals surface area contributed by atoms with Crippen molar-refractivity contribution in [1.29, 1.82) is 0 Å². The molecular weight excluding hydrogens is 432 g/mol. The molecule has 0 saturated heterocycles. The van der Waals surface area contributed by atoms with Gasteiger partial charge in [0.15, 0.2) is 0 Å². The first-order valence-electron chi connectivity index (χ1n) is 11.7. The van der Waals surface area contributed by atoms with Crippen LogP contribution < -0.4 is 10.6 Å². The molecule has 1 fully saturated rings. The van der Waals surface area contributed by atoms with E-state index < -0.39 is 23.4 Å². The lowest BCUT2D eigenvalue weighted by Gasteiger charge is -2.44. The van der Waals surface area contributed by atoms with Crippen LogP contribution in [0.25, 0.3) is 10.9 Å². The van der Waals surface area contributed by atoms with Crippen molar-refractivity contribution < 1.29 is 19.1 Å². The lowest BCUT2D eigenvalue weighted by molar-refractivity contribution is -0.181. The fourth-order valence-electron chi connectivity index (χ4n) is 4.43. The topological polar surface area (TPSA) is 94.5 Å². The van der Waals surface area contributed by atoms with E-state index in [2.05, 4.69) is 15.7 Å². The maximum atomic E-state index is 13.1. The van der Waals surface area contributed by atoms with Gasteiger partial charge >= 0.3 is 12.1 Å². The Morgan fingerprint density at radius 3 is 2.59 bits per heavy atom. The van der Waals surface area contributed by atoms with E-state index in [9.17, 15) is 9.59 Å². The third kappa shape index (κ3) is 5.32. The van der Waals surface area contributed by atoms with E-state index in [1.54, 1.807) is 27.0 Å². The van der Waals surface area contributed by atoms with Crippen LogP contribution in [0.1, 0.15) is 46.5 Å². The van der Waals surface area contributed by atoms with Crippen LogP contribution in [0.4, 0.5) is 10.5 Å².